The van der Waals surface area contributed by atoms with E-state index in [-0.39, 0.29) is 10.8 Å². The van der Waals surface area contributed by atoms with Gasteiger partial charge in [-0.05, 0) is 31.9 Å². The van der Waals surface area contributed by atoms with Crippen molar-refractivity contribution in [2.75, 3.05) is 18.7 Å². The van der Waals surface area contributed by atoms with E-state index in [1.54, 1.807) is 36.2 Å². The molecule has 0 spiro atoms. The SMILES string of the molecule is Cc1ccc(S(=O)(=O)N2CSCC2C(=O)N(C)C2CC2)cc1. The molecule has 1 aromatic carbocycles. The molecule has 0 radical (unpaired) electrons. The van der Waals surface area contributed by atoms with Gasteiger partial charge in [0.1, 0.15) is 6.04 Å². The van der Waals surface area contributed by atoms with E-state index in [1.807, 2.05) is 6.92 Å². The smallest absolute Gasteiger partial charge is 0.244 e. The number of benzene rings is 1. The van der Waals surface area contributed by atoms with Crippen LogP contribution in [0, 0.1) is 6.92 Å². The number of sulfonamides is 1. The zero-order valence-electron chi connectivity index (χ0n) is 12.7. The highest BCUT2D eigenvalue weighted by atomic mass is 32.2. The number of nitrogens with zero attached hydrogens (tertiary/aromatic N) is 2. The average molecular weight is 340 g/mol. The highest BCUT2D eigenvalue weighted by Gasteiger charge is 2.43. The van der Waals surface area contributed by atoms with Gasteiger partial charge in [-0.15, -0.1) is 11.8 Å². The van der Waals surface area contributed by atoms with E-state index in [2.05, 4.69) is 0 Å². The second-order valence-corrected chi connectivity index (χ2v) is 8.79. The Morgan fingerprint density at radius 2 is 1.91 bits per heavy atom. The lowest BCUT2D eigenvalue weighted by Crippen LogP contribution is -2.48. The first kappa shape index (κ1) is 15.8. The molecule has 7 heteroatoms. The van der Waals surface area contributed by atoms with E-state index in [1.165, 1.54) is 16.1 Å². The molecular weight excluding hydrogens is 320 g/mol. The van der Waals surface area contributed by atoms with Crippen LogP contribution < -0.4 is 0 Å². The number of likely N-dealkylation sites (N-methyl/N-ethyl adjacent to an activating group) is 1. The first-order chi connectivity index (χ1) is 10.4. The summed E-state index contributed by atoms with van der Waals surface area (Å²) < 4.78 is 27.0. The number of amides is 1. The Kier molecular flexibility index (Phi) is 4.22. The number of thioether (sulfide) groups is 1. The third-order valence-corrected chi connectivity index (χ3v) is 7.24. The zero-order chi connectivity index (χ0) is 15.9. The first-order valence-corrected chi connectivity index (χ1v) is 9.93. The second-order valence-electron chi connectivity index (χ2n) is 5.90. The molecule has 0 N–H and O–H groups in total. The van der Waals surface area contributed by atoms with Crippen molar-refractivity contribution in [1.82, 2.24) is 9.21 Å². The van der Waals surface area contributed by atoms with Gasteiger partial charge in [-0.3, -0.25) is 4.79 Å². The van der Waals surface area contributed by atoms with E-state index >= 15 is 0 Å². The zero-order valence-corrected chi connectivity index (χ0v) is 14.4. The minimum absolute atomic E-state index is 0.0804. The Morgan fingerprint density at radius 3 is 2.50 bits per heavy atom. The summed E-state index contributed by atoms with van der Waals surface area (Å²) in [6, 6.07) is 6.50. The van der Waals surface area contributed by atoms with Gasteiger partial charge in [0.25, 0.3) is 0 Å². The maximum atomic E-state index is 12.8. The van der Waals surface area contributed by atoms with Gasteiger partial charge in [-0.2, -0.15) is 4.31 Å². The van der Waals surface area contributed by atoms with Crippen molar-refractivity contribution in [3.8, 4) is 0 Å². The van der Waals surface area contributed by atoms with Gasteiger partial charge in [-0.1, -0.05) is 17.7 Å². The third-order valence-electron chi connectivity index (χ3n) is 4.20. The standard InChI is InChI=1S/C15H20N2O3S2/c1-11-3-7-13(8-4-11)22(19,20)17-10-21-9-14(17)15(18)16(2)12-5-6-12/h3-4,7-8,12,14H,5-6,9-10H2,1-2H3. The molecule has 2 fully saturated rings. The number of carbonyl (C=O) groups is 1. The van der Waals surface area contributed by atoms with E-state index < -0.39 is 16.1 Å². The number of carbonyl (C=O) groups excluding carboxylic acids is 1. The summed E-state index contributed by atoms with van der Waals surface area (Å²) in [5, 5.41) is 0. The molecule has 1 aliphatic heterocycles. The van der Waals surface area contributed by atoms with Crippen molar-refractivity contribution in [3.05, 3.63) is 29.8 Å². The van der Waals surface area contributed by atoms with Crippen LogP contribution in [-0.2, 0) is 14.8 Å². The van der Waals surface area contributed by atoms with Gasteiger partial charge >= 0.3 is 0 Å². The minimum atomic E-state index is -3.62. The third kappa shape index (κ3) is 2.89. The Hall–Kier alpha value is -1.05. The molecule has 1 aliphatic carbocycles. The predicted octanol–water partition coefficient (Wildman–Crippen LogP) is 1.68. The summed E-state index contributed by atoms with van der Waals surface area (Å²) in [6.07, 6.45) is 2.04. The topological polar surface area (TPSA) is 57.7 Å². The monoisotopic (exact) mass is 340 g/mol. The fourth-order valence-electron chi connectivity index (χ4n) is 2.58. The van der Waals surface area contributed by atoms with Crippen LogP contribution in [0.1, 0.15) is 18.4 Å². The van der Waals surface area contributed by atoms with Crippen molar-refractivity contribution in [2.24, 2.45) is 0 Å². The van der Waals surface area contributed by atoms with E-state index in [9.17, 15) is 13.2 Å². The molecule has 22 heavy (non-hydrogen) atoms. The van der Waals surface area contributed by atoms with Crippen LogP contribution in [0.15, 0.2) is 29.2 Å². The summed E-state index contributed by atoms with van der Waals surface area (Å²) >= 11 is 1.49. The molecule has 0 aromatic heterocycles. The van der Waals surface area contributed by atoms with Crippen LogP contribution in [0.3, 0.4) is 0 Å². The van der Waals surface area contributed by atoms with Gasteiger partial charge < -0.3 is 4.90 Å². The molecule has 0 bridgehead atoms. The summed E-state index contributed by atoms with van der Waals surface area (Å²) in [4.78, 5) is 14.5. The average Bonchev–Trinajstić information content (AvgIpc) is 3.22. The molecule has 5 nitrogen and oxygen atoms in total. The largest absolute Gasteiger partial charge is 0.341 e. The summed E-state index contributed by atoms with van der Waals surface area (Å²) in [7, 11) is -1.85. The Labute approximate surface area is 135 Å². The summed E-state index contributed by atoms with van der Waals surface area (Å²) in [6.45, 7) is 1.92. The van der Waals surface area contributed by atoms with E-state index in [0.29, 0.717) is 17.7 Å². The normalized spacial score (nSPS) is 22.7. The fourth-order valence-corrected chi connectivity index (χ4v) is 5.72. The van der Waals surface area contributed by atoms with Crippen LogP contribution in [0.4, 0.5) is 0 Å². The van der Waals surface area contributed by atoms with Crippen LogP contribution >= 0.6 is 11.8 Å². The molecule has 1 heterocycles. The molecule has 1 atom stereocenters. The first-order valence-electron chi connectivity index (χ1n) is 7.34. The maximum Gasteiger partial charge on any atom is 0.244 e. The minimum Gasteiger partial charge on any atom is -0.341 e. The van der Waals surface area contributed by atoms with Crippen LogP contribution in [0.5, 0.6) is 0 Å². The van der Waals surface area contributed by atoms with Crippen molar-refractivity contribution in [2.45, 2.75) is 36.7 Å². The van der Waals surface area contributed by atoms with Crippen LogP contribution in [-0.4, -0.2) is 54.3 Å². The summed E-state index contributed by atoms with van der Waals surface area (Å²) in [5.41, 5.74) is 1.01. The fraction of sp³-hybridized carbons (Fsp3) is 0.533. The Bertz CT molecular complexity index is 669. The molecule has 1 saturated heterocycles. The lowest BCUT2D eigenvalue weighted by Gasteiger charge is -2.26. The number of hydrogen-bond acceptors (Lipinski definition) is 4. The Morgan fingerprint density at radius 1 is 1.27 bits per heavy atom. The van der Waals surface area contributed by atoms with Crippen molar-refractivity contribution in [3.63, 3.8) is 0 Å². The lowest BCUT2D eigenvalue weighted by molar-refractivity contribution is -0.133. The van der Waals surface area contributed by atoms with Crippen LogP contribution in [0.25, 0.3) is 0 Å². The number of rotatable bonds is 4. The maximum absolute atomic E-state index is 12.8. The highest BCUT2D eigenvalue weighted by molar-refractivity contribution is 8.00. The van der Waals surface area contributed by atoms with Crippen LogP contribution in [0.2, 0.25) is 0 Å². The predicted molar refractivity (Wildman–Crippen MR) is 87.1 cm³/mol. The molecular formula is C15H20N2O3S2. The van der Waals surface area contributed by atoms with Gasteiger partial charge in [-0.25, -0.2) is 8.42 Å². The van der Waals surface area contributed by atoms with E-state index in [0.717, 1.165) is 18.4 Å². The number of hydrogen-bond donors (Lipinski definition) is 0. The van der Waals surface area contributed by atoms with Gasteiger partial charge in [0, 0.05) is 18.8 Å². The second kappa shape index (κ2) is 5.86. The molecule has 1 saturated carbocycles. The van der Waals surface area contributed by atoms with Gasteiger partial charge in [0.15, 0.2) is 0 Å². The summed E-state index contributed by atoms with van der Waals surface area (Å²) in [5.74, 6) is 0.787. The molecule has 1 unspecified atom stereocenters. The number of aryl methyl sites for hydroxylation is 1. The molecule has 1 amide bonds. The van der Waals surface area contributed by atoms with Crippen molar-refractivity contribution < 1.29 is 13.2 Å². The quantitative estimate of drug-likeness (QED) is 0.837. The molecule has 2 aliphatic rings. The molecule has 1 aromatic rings. The van der Waals surface area contributed by atoms with E-state index in [4.69, 9.17) is 0 Å². The van der Waals surface area contributed by atoms with Gasteiger partial charge in [0.2, 0.25) is 15.9 Å². The molecule has 3 rings (SSSR count). The van der Waals surface area contributed by atoms with Crippen molar-refractivity contribution >= 4 is 27.7 Å². The van der Waals surface area contributed by atoms with Gasteiger partial charge in [0.05, 0.1) is 10.8 Å². The molecule has 120 valence electrons. The Balaban J connectivity index is 1.85. The highest BCUT2D eigenvalue weighted by Crippen LogP contribution is 2.32. The lowest BCUT2D eigenvalue weighted by atomic mass is 10.2. The van der Waals surface area contributed by atoms with Crippen molar-refractivity contribution in [1.29, 1.82) is 0 Å².